The lowest BCUT2D eigenvalue weighted by Gasteiger charge is -2.29. The van der Waals surface area contributed by atoms with E-state index < -0.39 is 23.8 Å². The molecule has 1 aromatic carbocycles. The Kier molecular flexibility index (Phi) is 3.77. The van der Waals surface area contributed by atoms with Gasteiger partial charge in [-0.25, -0.2) is 19.0 Å². The van der Waals surface area contributed by atoms with Gasteiger partial charge in [0.1, 0.15) is 11.6 Å². The van der Waals surface area contributed by atoms with E-state index in [-0.39, 0.29) is 6.03 Å². The predicted molar refractivity (Wildman–Crippen MR) is 71.2 cm³/mol. The number of halogens is 2. The van der Waals surface area contributed by atoms with Gasteiger partial charge >= 0.3 is 6.03 Å². The second-order valence-electron chi connectivity index (χ2n) is 5.46. The minimum atomic E-state index is -0.652. The summed E-state index contributed by atoms with van der Waals surface area (Å²) in [5.41, 5.74) is 3.39. The average Bonchev–Trinajstić information content (AvgIpc) is 3.05. The molecule has 2 saturated heterocycles. The molecule has 2 atom stereocenters. The molecule has 0 aromatic heterocycles. The second-order valence-corrected chi connectivity index (χ2v) is 5.46. The first-order valence-electron chi connectivity index (χ1n) is 7.00. The zero-order valence-corrected chi connectivity index (χ0v) is 11.4. The van der Waals surface area contributed by atoms with Gasteiger partial charge in [-0.2, -0.15) is 0 Å². The van der Waals surface area contributed by atoms with Crippen molar-refractivity contribution >= 4 is 6.03 Å². The molecule has 21 heavy (non-hydrogen) atoms. The van der Waals surface area contributed by atoms with E-state index in [9.17, 15) is 18.7 Å². The third-order valence-electron chi connectivity index (χ3n) is 3.92. The van der Waals surface area contributed by atoms with Crippen LogP contribution in [0.3, 0.4) is 0 Å². The molecule has 114 valence electrons. The lowest BCUT2D eigenvalue weighted by molar-refractivity contribution is 0.126. The molecule has 0 radical (unpaired) electrons. The molecule has 2 N–H and O–H groups in total. The van der Waals surface area contributed by atoms with Crippen molar-refractivity contribution in [1.29, 1.82) is 0 Å². The van der Waals surface area contributed by atoms with Crippen molar-refractivity contribution in [2.24, 2.45) is 0 Å². The molecule has 0 aliphatic carbocycles. The molecule has 2 aliphatic rings. The van der Waals surface area contributed by atoms with E-state index in [1.165, 1.54) is 17.1 Å². The number of urea groups is 1. The number of nitrogens with zero attached hydrogens (tertiary/aromatic N) is 2. The van der Waals surface area contributed by atoms with E-state index in [4.69, 9.17) is 0 Å². The van der Waals surface area contributed by atoms with Gasteiger partial charge < -0.3 is 10.0 Å². The Labute approximate surface area is 121 Å². The molecule has 2 amide bonds. The number of hydrogen-bond acceptors (Lipinski definition) is 3. The topological polar surface area (TPSA) is 55.8 Å². The van der Waals surface area contributed by atoms with Crippen molar-refractivity contribution in [2.45, 2.75) is 25.0 Å². The number of rotatable bonds is 1. The fourth-order valence-corrected chi connectivity index (χ4v) is 2.91. The summed E-state index contributed by atoms with van der Waals surface area (Å²) in [7, 11) is 0. The van der Waals surface area contributed by atoms with Gasteiger partial charge in [0, 0.05) is 25.7 Å². The molecule has 2 fully saturated rings. The summed E-state index contributed by atoms with van der Waals surface area (Å²) in [4.78, 5) is 14.0. The number of β-amino-alcohol motifs (C(OH)–C–C–N with tert-alkyl or cyclic N) is 1. The van der Waals surface area contributed by atoms with E-state index in [1.807, 2.05) is 0 Å². The summed E-state index contributed by atoms with van der Waals surface area (Å²) in [6.45, 7) is 1.34. The number of benzene rings is 1. The highest BCUT2D eigenvalue weighted by Gasteiger charge is 2.35. The molecule has 0 unspecified atom stereocenters. The highest BCUT2D eigenvalue weighted by molar-refractivity contribution is 5.75. The van der Waals surface area contributed by atoms with E-state index >= 15 is 0 Å². The van der Waals surface area contributed by atoms with Gasteiger partial charge in [-0.1, -0.05) is 0 Å². The number of nitrogens with one attached hydrogen (secondary N) is 1. The van der Waals surface area contributed by atoms with Gasteiger partial charge in [0.15, 0.2) is 0 Å². The highest BCUT2D eigenvalue weighted by atomic mass is 19.1. The SMILES string of the molecule is O=C(N1CC[C@@H](O)C1)N1NCC[C@H]1c1cc(F)cc(F)c1. The first-order chi connectivity index (χ1) is 10.0. The Bertz CT molecular complexity index is 535. The Morgan fingerprint density at radius 2 is 1.95 bits per heavy atom. The van der Waals surface area contributed by atoms with Crippen LogP contribution in [0.15, 0.2) is 18.2 Å². The lowest BCUT2D eigenvalue weighted by atomic mass is 10.0. The molecule has 5 nitrogen and oxygen atoms in total. The van der Waals surface area contributed by atoms with Gasteiger partial charge in [0.25, 0.3) is 0 Å². The van der Waals surface area contributed by atoms with Crippen LogP contribution >= 0.6 is 0 Å². The average molecular weight is 297 g/mol. The molecule has 7 heteroatoms. The number of hydrazine groups is 1. The summed E-state index contributed by atoms with van der Waals surface area (Å²) in [5, 5.41) is 10.9. The largest absolute Gasteiger partial charge is 0.391 e. The molecule has 1 aromatic rings. The third kappa shape index (κ3) is 2.84. The Morgan fingerprint density at radius 1 is 1.24 bits per heavy atom. The zero-order chi connectivity index (χ0) is 15.0. The van der Waals surface area contributed by atoms with Crippen molar-refractivity contribution in [1.82, 2.24) is 15.3 Å². The van der Waals surface area contributed by atoms with Crippen LogP contribution in [0, 0.1) is 11.6 Å². The van der Waals surface area contributed by atoms with Crippen molar-refractivity contribution in [3.05, 3.63) is 35.4 Å². The second kappa shape index (κ2) is 5.57. The first kappa shape index (κ1) is 14.2. The Morgan fingerprint density at radius 3 is 2.57 bits per heavy atom. The van der Waals surface area contributed by atoms with Crippen molar-refractivity contribution in [2.75, 3.05) is 19.6 Å². The minimum Gasteiger partial charge on any atom is -0.391 e. The molecule has 2 heterocycles. The van der Waals surface area contributed by atoms with Gasteiger partial charge in [-0.15, -0.1) is 0 Å². The van der Waals surface area contributed by atoms with Crippen LogP contribution < -0.4 is 5.43 Å². The number of hydrogen-bond donors (Lipinski definition) is 2. The van der Waals surface area contributed by atoms with E-state index in [0.29, 0.717) is 38.0 Å². The van der Waals surface area contributed by atoms with Crippen LogP contribution in [0.4, 0.5) is 13.6 Å². The fourth-order valence-electron chi connectivity index (χ4n) is 2.91. The normalized spacial score (nSPS) is 25.7. The van der Waals surface area contributed by atoms with Crippen LogP contribution in [0.5, 0.6) is 0 Å². The third-order valence-corrected chi connectivity index (χ3v) is 3.92. The maximum atomic E-state index is 13.4. The van der Waals surface area contributed by atoms with Gasteiger partial charge in [0.05, 0.1) is 12.1 Å². The van der Waals surface area contributed by atoms with E-state index in [1.54, 1.807) is 4.90 Å². The summed E-state index contributed by atoms with van der Waals surface area (Å²) in [5.74, 6) is -1.30. The Balaban J connectivity index is 1.80. The number of carbonyl (C=O) groups is 1. The van der Waals surface area contributed by atoms with Crippen LogP contribution in [-0.4, -0.2) is 46.8 Å². The molecule has 2 aliphatic heterocycles. The first-order valence-corrected chi connectivity index (χ1v) is 7.00. The van der Waals surface area contributed by atoms with Crippen molar-refractivity contribution in [3.63, 3.8) is 0 Å². The lowest BCUT2D eigenvalue weighted by Crippen LogP contribution is -2.47. The molecular weight excluding hydrogens is 280 g/mol. The van der Waals surface area contributed by atoms with Crippen LogP contribution in [0.1, 0.15) is 24.4 Å². The van der Waals surface area contributed by atoms with E-state index in [0.717, 1.165) is 6.07 Å². The number of aliphatic hydroxyl groups is 1. The quantitative estimate of drug-likeness (QED) is 0.824. The number of amides is 2. The maximum Gasteiger partial charge on any atom is 0.335 e. The minimum absolute atomic E-state index is 0.265. The van der Waals surface area contributed by atoms with Crippen LogP contribution in [0.25, 0.3) is 0 Å². The van der Waals surface area contributed by atoms with E-state index in [2.05, 4.69) is 5.43 Å². The maximum absolute atomic E-state index is 13.4. The summed E-state index contributed by atoms with van der Waals surface area (Å²) < 4.78 is 26.7. The standard InChI is InChI=1S/C14H17F2N3O2/c15-10-5-9(6-11(16)7-10)13-1-3-17-19(13)14(21)18-4-2-12(20)8-18/h5-7,12-13,17,20H,1-4,8H2/t12-,13+/m1/s1. The smallest absolute Gasteiger partial charge is 0.335 e. The van der Waals surface area contributed by atoms with Crippen LogP contribution in [0.2, 0.25) is 0 Å². The summed E-state index contributed by atoms with van der Waals surface area (Å²) in [6.07, 6.45) is 0.644. The van der Waals surface area contributed by atoms with Crippen molar-refractivity contribution in [3.8, 4) is 0 Å². The van der Waals surface area contributed by atoms with Crippen molar-refractivity contribution < 1.29 is 18.7 Å². The molecule has 3 rings (SSSR count). The molecule has 0 spiro atoms. The van der Waals surface area contributed by atoms with Gasteiger partial charge in [0.2, 0.25) is 0 Å². The molecule has 0 bridgehead atoms. The Hall–Kier alpha value is -1.73. The number of likely N-dealkylation sites (tertiary alicyclic amines) is 1. The van der Waals surface area contributed by atoms with Gasteiger partial charge in [-0.3, -0.25) is 5.01 Å². The summed E-state index contributed by atoms with van der Waals surface area (Å²) in [6, 6.07) is 2.65. The fraction of sp³-hybridized carbons (Fsp3) is 0.500. The monoisotopic (exact) mass is 297 g/mol. The molecular formula is C14H17F2N3O2. The number of carbonyl (C=O) groups excluding carboxylic acids is 1. The molecule has 0 saturated carbocycles. The summed E-state index contributed by atoms with van der Waals surface area (Å²) >= 11 is 0. The number of aliphatic hydroxyl groups excluding tert-OH is 1. The van der Waals surface area contributed by atoms with Crippen LogP contribution in [-0.2, 0) is 0 Å². The highest BCUT2D eigenvalue weighted by Crippen LogP contribution is 2.29. The zero-order valence-electron chi connectivity index (χ0n) is 11.4. The van der Waals surface area contributed by atoms with Gasteiger partial charge in [-0.05, 0) is 30.5 Å². The predicted octanol–water partition coefficient (Wildman–Crippen LogP) is 1.40.